The van der Waals surface area contributed by atoms with Gasteiger partial charge in [0.2, 0.25) is 0 Å². The van der Waals surface area contributed by atoms with E-state index in [0.717, 1.165) is 49.6 Å². The third-order valence-electron chi connectivity index (χ3n) is 6.56. The van der Waals surface area contributed by atoms with Crippen molar-refractivity contribution in [1.82, 2.24) is 14.9 Å². The number of aliphatic imine (C=N–C) groups is 1. The third kappa shape index (κ3) is 6.10. The van der Waals surface area contributed by atoms with Gasteiger partial charge in [-0.3, -0.25) is 14.5 Å². The number of hydrogen-bond donors (Lipinski definition) is 1. The zero-order valence-electron chi connectivity index (χ0n) is 22.1. The molecule has 1 aromatic rings. The molecule has 198 valence electrons. The van der Waals surface area contributed by atoms with Gasteiger partial charge >= 0.3 is 6.09 Å². The molecule has 0 radical (unpaired) electrons. The number of fused-ring (bicyclic) bond motifs is 2. The molecule has 2 saturated heterocycles. The maximum atomic E-state index is 13.1. The van der Waals surface area contributed by atoms with Gasteiger partial charge in [-0.15, -0.1) is 11.3 Å². The summed E-state index contributed by atoms with van der Waals surface area (Å²) in [6.07, 6.45) is 3.79. The Morgan fingerprint density at radius 2 is 2.06 bits per heavy atom. The van der Waals surface area contributed by atoms with E-state index in [1.165, 1.54) is 9.94 Å². The largest absolute Gasteiger partial charge is 0.444 e. The molecule has 0 aromatic carbocycles. The van der Waals surface area contributed by atoms with Crippen molar-refractivity contribution < 1.29 is 19.2 Å². The Balaban J connectivity index is 1.40. The van der Waals surface area contributed by atoms with Gasteiger partial charge in [0, 0.05) is 61.6 Å². The van der Waals surface area contributed by atoms with Crippen molar-refractivity contribution in [2.24, 2.45) is 16.6 Å². The van der Waals surface area contributed by atoms with E-state index in [4.69, 9.17) is 15.3 Å². The van der Waals surface area contributed by atoms with Crippen LogP contribution in [0.3, 0.4) is 0 Å². The number of nitrogens with zero attached hydrogens (tertiary/aromatic N) is 4. The number of ether oxygens (including phenoxy) is 1. The molecule has 2 amide bonds. The van der Waals surface area contributed by atoms with Gasteiger partial charge in [0.05, 0.1) is 17.2 Å². The van der Waals surface area contributed by atoms with Crippen molar-refractivity contribution in [3.8, 4) is 0 Å². The van der Waals surface area contributed by atoms with Gasteiger partial charge in [-0.05, 0) is 52.7 Å². The number of rotatable bonds is 7. The molecule has 4 rings (SSSR count). The molecule has 0 aliphatic carbocycles. The fourth-order valence-corrected chi connectivity index (χ4v) is 6.14. The Morgan fingerprint density at radius 3 is 2.72 bits per heavy atom. The van der Waals surface area contributed by atoms with E-state index in [9.17, 15) is 9.59 Å². The summed E-state index contributed by atoms with van der Waals surface area (Å²) in [5.41, 5.74) is 7.14. The van der Waals surface area contributed by atoms with Crippen molar-refractivity contribution >= 4 is 40.9 Å². The average Bonchev–Trinajstić information content (AvgIpc) is 3.05. The highest BCUT2D eigenvalue weighted by molar-refractivity contribution is 7.13. The van der Waals surface area contributed by atoms with Crippen LogP contribution in [-0.2, 0) is 20.9 Å². The Kier molecular flexibility index (Phi) is 8.06. The molecule has 0 spiro atoms. The van der Waals surface area contributed by atoms with E-state index in [0.29, 0.717) is 36.9 Å². The predicted octanol–water partition coefficient (Wildman–Crippen LogP) is 4.16. The van der Waals surface area contributed by atoms with Crippen molar-refractivity contribution in [2.45, 2.75) is 72.1 Å². The minimum Gasteiger partial charge on any atom is -0.444 e. The summed E-state index contributed by atoms with van der Waals surface area (Å²) < 4.78 is 5.56. The lowest BCUT2D eigenvalue weighted by Gasteiger charge is -2.53. The van der Waals surface area contributed by atoms with Crippen LogP contribution in [0, 0.1) is 5.92 Å². The van der Waals surface area contributed by atoms with Crippen molar-refractivity contribution in [1.29, 1.82) is 0 Å². The van der Waals surface area contributed by atoms with Crippen LogP contribution in [0.4, 0.5) is 10.5 Å². The molecule has 2 atom stereocenters. The zero-order chi connectivity index (χ0) is 26.0. The Hall–Kier alpha value is -2.43. The van der Waals surface area contributed by atoms with Crippen molar-refractivity contribution in [3.05, 3.63) is 21.4 Å². The van der Waals surface area contributed by atoms with E-state index in [1.807, 2.05) is 45.6 Å². The van der Waals surface area contributed by atoms with Gasteiger partial charge in [0.1, 0.15) is 11.4 Å². The number of carbonyl (C=O) groups excluding carboxylic acids is 2. The summed E-state index contributed by atoms with van der Waals surface area (Å²) in [7, 11) is 0. The quantitative estimate of drug-likeness (QED) is 0.545. The summed E-state index contributed by atoms with van der Waals surface area (Å²) >= 11 is 1.66. The topological polar surface area (TPSA) is 101 Å². The van der Waals surface area contributed by atoms with E-state index in [-0.39, 0.29) is 18.0 Å². The van der Waals surface area contributed by atoms with Crippen LogP contribution in [0.1, 0.15) is 63.6 Å². The van der Waals surface area contributed by atoms with E-state index >= 15 is 0 Å². The number of hydroxylamine groups is 2. The molecule has 3 aliphatic rings. The van der Waals surface area contributed by atoms with Gasteiger partial charge in [-0.1, -0.05) is 6.92 Å². The van der Waals surface area contributed by atoms with Crippen LogP contribution in [0.25, 0.3) is 6.08 Å². The number of amides is 2. The minimum atomic E-state index is -0.470. The third-order valence-corrected chi connectivity index (χ3v) is 7.62. The lowest BCUT2D eigenvalue weighted by atomic mass is 9.83. The highest BCUT2D eigenvalue weighted by Gasteiger charge is 2.46. The summed E-state index contributed by atoms with van der Waals surface area (Å²) in [6, 6.07) is 2.36. The second-order valence-corrected chi connectivity index (χ2v) is 11.9. The Bertz CT molecular complexity index is 1040. The molecule has 9 nitrogen and oxygen atoms in total. The summed E-state index contributed by atoms with van der Waals surface area (Å²) in [6.45, 7) is 14.0. The van der Waals surface area contributed by atoms with Gasteiger partial charge < -0.3 is 15.4 Å². The van der Waals surface area contributed by atoms with Gasteiger partial charge in [-0.25, -0.2) is 14.9 Å². The van der Waals surface area contributed by atoms with Crippen LogP contribution in [-0.4, -0.2) is 77.1 Å². The van der Waals surface area contributed by atoms with Gasteiger partial charge in [0.25, 0.3) is 5.91 Å². The van der Waals surface area contributed by atoms with Crippen LogP contribution in [0.5, 0.6) is 0 Å². The maximum Gasteiger partial charge on any atom is 0.410 e. The van der Waals surface area contributed by atoms with Crippen LogP contribution < -0.4 is 5.73 Å². The van der Waals surface area contributed by atoms with E-state index in [1.54, 1.807) is 11.3 Å². The number of amidine groups is 1. The standard InChI is InChI=1S/C26H39N5O4S/c1-6-9-31(34-7-2)24(32)17-11-22-20(28-23(27)12-17)13-19(36-22)16-29-10-8-21-18(14-29)15-30(21)25(33)35-26(3,4)5/h11,13,18,21H,6-10,12,14-16H2,1-5H3,(H2,27,28)/t18-,21?/m1/s1. The first-order valence-corrected chi connectivity index (χ1v) is 13.7. The molecule has 36 heavy (non-hydrogen) atoms. The molecular formula is C26H39N5O4S. The number of thiophene rings is 1. The first-order chi connectivity index (χ1) is 17.1. The second kappa shape index (κ2) is 10.9. The van der Waals surface area contributed by atoms with Crippen LogP contribution >= 0.6 is 11.3 Å². The van der Waals surface area contributed by atoms with Crippen LogP contribution in [0.15, 0.2) is 16.6 Å². The highest BCUT2D eigenvalue weighted by atomic mass is 32.1. The smallest absolute Gasteiger partial charge is 0.410 e. The molecule has 2 fully saturated rings. The van der Waals surface area contributed by atoms with Crippen molar-refractivity contribution in [2.75, 3.05) is 32.8 Å². The fourth-order valence-electron chi connectivity index (χ4n) is 5.02. The molecule has 1 aromatic heterocycles. The molecule has 0 bridgehead atoms. The first-order valence-electron chi connectivity index (χ1n) is 12.9. The normalized spacial score (nSPS) is 22.0. The molecule has 0 saturated carbocycles. The molecule has 4 heterocycles. The first kappa shape index (κ1) is 26.6. The molecule has 10 heteroatoms. The minimum absolute atomic E-state index is 0.152. The maximum absolute atomic E-state index is 13.1. The molecular weight excluding hydrogens is 478 g/mol. The highest BCUT2D eigenvalue weighted by Crippen LogP contribution is 2.38. The van der Waals surface area contributed by atoms with Crippen molar-refractivity contribution in [3.63, 3.8) is 0 Å². The monoisotopic (exact) mass is 517 g/mol. The second-order valence-electron chi connectivity index (χ2n) is 10.7. The number of likely N-dealkylation sites (tertiary alicyclic amines) is 2. The predicted molar refractivity (Wildman–Crippen MR) is 142 cm³/mol. The number of hydrogen-bond acceptors (Lipinski definition) is 8. The van der Waals surface area contributed by atoms with E-state index in [2.05, 4.69) is 16.0 Å². The number of carbonyl (C=O) groups is 2. The summed E-state index contributed by atoms with van der Waals surface area (Å²) in [4.78, 5) is 42.2. The summed E-state index contributed by atoms with van der Waals surface area (Å²) in [5.74, 6) is 0.759. The van der Waals surface area contributed by atoms with E-state index < -0.39 is 5.60 Å². The Morgan fingerprint density at radius 1 is 1.28 bits per heavy atom. The lowest BCUT2D eigenvalue weighted by molar-refractivity contribution is -0.180. The number of nitrogens with two attached hydrogens (primary N) is 1. The van der Waals surface area contributed by atoms with Crippen LogP contribution in [0.2, 0.25) is 0 Å². The SMILES string of the molecule is CCCN(OCC)C(=O)C1=Cc2sc(CN3CCC4[C@H](C3)CN4C(=O)OC(C)(C)C)cc2N=C(N)C1. The molecule has 1 unspecified atom stereocenters. The molecule has 3 aliphatic heterocycles. The molecule has 2 N–H and O–H groups in total. The average molecular weight is 518 g/mol. The number of piperidine rings is 1. The van der Waals surface area contributed by atoms with Gasteiger partial charge in [0.15, 0.2) is 0 Å². The van der Waals surface area contributed by atoms with Gasteiger partial charge in [-0.2, -0.15) is 0 Å². The lowest BCUT2D eigenvalue weighted by Crippen LogP contribution is -2.65. The Labute approximate surface area is 217 Å². The summed E-state index contributed by atoms with van der Waals surface area (Å²) in [5, 5.41) is 1.43. The fraction of sp³-hybridized carbons (Fsp3) is 0.654. The zero-order valence-corrected chi connectivity index (χ0v) is 22.9.